The number of carbonyl (C=O) groups excluding carboxylic acids is 1. The molecule has 0 aromatic carbocycles. The highest BCUT2D eigenvalue weighted by Crippen LogP contribution is 2.22. The molecule has 25 heavy (non-hydrogen) atoms. The van der Waals surface area contributed by atoms with Gasteiger partial charge in [0.25, 0.3) is 5.56 Å². The van der Waals surface area contributed by atoms with Gasteiger partial charge < -0.3 is 10.3 Å². The van der Waals surface area contributed by atoms with E-state index in [-0.39, 0.29) is 23.3 Å². The Morgan fingerprint density at radius 2 is 2.12 bits per heavy atom. The molecular formula is C18H28N4O2S. The predicted molar refractivity (Wildman–Crippen MR) is 103 cm³/mol. The molecule has 0 aliphatic rings. The number of rotatable bonds is 8. The molecule has 1 unspecified atom stereocenters. The molecule has 2 N–H and O–H groups in total. The zero-order valence-corrected chi connectivity index (χ0v) is 16.5. The SMILES string of the molecule is CCC(C)n1c(SCC(=O)NCCC(C)C)nc2cc(C)[nH]c2c1=O. The second kappa shape index (κ2) is 8.56. The van der Waals surface area contributed by atoms with E-state index in [9.17, 15) is 9.59 Å². The van der Waals surface area contributed by atoms with Crippen LogP contribution in [-0.2, 0) is 4.79 Å². The Hall–Kier alpha value is -1.76. The predicted octanol–water partition coefficient (Wildman–Crippen LogP) is 3.26. The third-order valence-electron chi connectivity index (χ3n) is 4.19. The summed E-state index contributed by atoms with van der Waals surface area (Å²) >= 11 is 1.32. The van der Waals surface area contributed by atoms with Gasteiger partial charge in [0.05, 0.1) is 11.3 Å². The lowest BCUT2D eigenvalue weighted by molar-refractivity contribution is -0.118. The molecule has 0 aliphatic heterocycles. The Bertz CT molecular complexity index is 794. The number of aryl methyl sites for hydroxylation is 1. The minimum Gasteiger partial charge on any atom is -0.355 e. The van der Waals surface area contributed by atoms with Crippen molar-refractivity contribution in [2.45, 2.75) is 58.7 Å². The number of aromatic nitrogens is 3. The van der Waals surface area contributed by atoms with Crippen LogP contribution in [0.2, 0.25) is 0 Å². The summed E-state index contributed by atoms with van der Waals surface area (Å²) in [7, 11) is 0. The van der Waals surface area contributed by atoms with Crippen LogP contribution in [0, 0.1) is 12.8 Å². The molecule has 0 saturated carbocycles. The quantitative estimate of drug-likeness (QED) is 0.556. The normalized spacial score (nSPS) is 12.7. The van der Waals surface area contributed by atoms with Crippen molar-refractivity contribution in [2.24, 2.45) is 5.92 Å². The number of nitrogens with zero attached hydrogens (tertiary/aromatic N) is 2. The summed E-state index contributed by atoms with van der Waals surface area (Å²) in [6, 6.07) is 1.89. The van der Waals surface area contributed by atoms with Gasteiger partial charge in [-0.25, -0.2) is 4.98 Å². The number of hydrogen-bond donors (Lipinski definition) is 2. The maximum absolute atomic E-state index is 12.8. The molecule has 0 saturated heterocycles. The van der Waals surface area contributed by atoms with E-state index in [0.717, 1.165) is 18.5 Å². The molecule has 0 spiro atoms. The first-order valence-electron chi connectivity index (χ1n) is 8.84. The van der Waals surface area contributed by atoms with Gasteiger partial charge in [0.2, 0.25) is 5.91 Å². The molecule has 0 fully saturated rings. The van der Waals surface area contributed by atoms with E-state index >= 15 is 0 Å². The Labute approximate surface area is 152 Å². The van der Waals surface area contributed by atoms with Crippen LogP contribution < -0.4 is 10.9 Å². The molecular weight excluding hydrogens is 336 g/mol. The van der Waals surface area contributed by atoms with Crippen LogP contribution in [0.3, 0.4) is 0 Å². The van der Waals surface area contributed by atoms with Gasteiger partial charge in [0.15, 0.2) is 5.16 Å². The molecule has 1 atom stereocenters. The van der Waals surface area contributed by atoms with E-state index in [4.69, 9.17) is 0 Å². The molecule has 2 aromatic heterocycles. The Morgan fingerprint density at radius 3 is 2.76 bits per heavy atom. The first-order valence-corrected chi connectivity index (χ1v) is 9.83. The van der Waals surface area contributed by atoms with E-state index in [1.165, 1.54) is 11.8 Å². The molecule has 1 amide bonds. The topological polar surface area (TPSA) is 79.8 Å². The third-order valence-corrected chi connectivity index (χ3v) is 5.15. The lowest BCUT2D eigenvalue weighted by Gasteiger charge is -2.17. The van der Waals surface area contributed by atoms with Crippen molar-refractivity contribution in [3.63, 3.8) is 0 Å². The van der Waals surface area contributed by atoms with Gasteiger partial charge in [0.1, 0.15) is 5.52 Å². The zero-order chi connectivity index (χ0) is 18.6. The number of hydrogen-bond acceptors (Lipinski definition) is 4. The van der Waals surface area contributed by atoms with Crippen molar-refractivity contribution in [1.82, 2.24) is 19.9 Å². The highest BCUT2D eigenvalue weighted by molar-refractivity contribution is 7.99. The van der Waals surface area contributed by atoms with Crippen LogP contribution in [0.1, 0.15) is 52.3 Å². The van der Waals surface area contributed by atoms with Crippen LogP contribution in [0.5, 0.6) is 0 Å². The minimum absolute atomic E-state index is 0.0269. The number of H-pyrrole nitrogens is 1. The van der Waals surface area contributed by atoms with Gasteiger partial charge in [-0.1, -0.05) is 32.5 Å². The van der Waals surface area contributed by atoms with Gasteiger partial charge in [0, 0.05) is 18.3 Å². The molecule has 2 rings (SSSR count). The maximum atomic E-state index is 12.8. The fraction of sp³-hybridized carbons (Fsp3) is 0.611. The van der Waals surface area contributed by atoms with E-state index < -0.39 is 0 Å². The summed E-state index contributed by atoms with van der Waals surface area (Å²) < 4.78 is 1.70. The van der Waals surface area contributed by atoms with E-state index in [1.54, 1.807) is 4.57 Å². The lowest BCUT2D eigenvalue weighted by atomic mass is 10.1. The fourth-order valence-corrected chi connectivity index (χ4v) is 3.47. The average molecular weight is 365 g/mol. The van der Waals surface area contributed by atoms with Crippen LogP contribution in [0.25, 0.3) is 11.0 Å². The molecule has 0 bridgehead atoms. The van der Waals surface area contributed by atoms with Crippen LogP contribution in [-0.4, -0.2) is 32.7 Å². The number of nitrogens with one attached hydrogen (secondary N) is 2. The molecule has 6 nitrogen and oxygen atoms in total. The largest absolute Gasteiger partial charge is 0.355 e. The second-order valence-electron chi connectivity index (χ2n) is 6.86. The van der Waals surface area contributed by atoms with Crippen molar-refractivity contribution >= 4 is 28.7 Å². The van der Waals surface area contributed by atoms with Crippen molar-refractivity contribution in [1.29, 1.82) is 0 Å². The third kappa shape index (κ3) is 4.87. The first-order chi connectivity index (χ1) is 11.8. The minimum atomic E-state index is -0.0739. The van der Waals surface area contributed by atoms with Crippen molar-refractivity contribution in [3.05, 3.63) is 22.1 Å². The summed E-state index contributed by atoms with van der Waals surface area (Å²) in [5.41, 5.74) is 2.02. The van der Waals surface area contributed by atoms with Gasteiger partial charge in [-0.2, -0.15) is 0 Å². The highest BCUT2D eigenvalue weighted by Gasteiger charge is 2.17. The summed E-state index contributed by atoms with van der Waals surface area (Å²) in [6.07, 6.45) is 1.78. The number of thioether (sulfide) groups is 1. The smallest absolute Gasteiger partial charge is 0.278 e. The number of aromatic amines is 1. The van der Waals surface area contributed by atoms with Gasteiger partial charge >= 0.3 is 0 Å². The van der Waals surface area contributed by atoms with E-state index in [1.807, 2.05) is 26.8 Å². The first kappa shape index (κ1) is 19.6. The molecule has 7 heteroatoms. The van der Waals surface area contributed by atoms with Crippen LogP contribution in [0.4, 0.5) is 0 Å². The van der Waals surface area contributed by atoms with Crippen LogP contribution in [0.15, 0.2) is 16.0 Å². The Balaban J connectivity index is 2.21. The van der Waals surface area contributed by atoms with Crippen molar-refractivity contribution in [2.75, 3.05) is 12.3 Å². The maximum Gasteiger partial charge on any atom is 0.278 e. The Kier molecular flexibility index (Phi) is 6.70. The van der Waals surface area contributed by atoms with Crippen molar-refractivity contribution < 1.29 is 4.79 Å². The van der Waals surface area contributed by atoms with Gasteiger partial charge in [-0.05, 0) is 38.7 Å². The summed E-state index contributed by atoms with van der Waals surface area (Å²) in [5, 5.41) is 3.52. The monoisotopic (exact) mass is 364 g/mol. The van der Waals surface area contributed by atoms with E-state index in [0.29, 0.717) is 28.7 Å². The average Bonchev–Trinajstić information content (AvgIpc) is 2.92. The number of carbonyl (C=O) groups is 1. The summed E-state index contributed by atoms with van der Waals surface area (Å²) in [4.78, 5) is 32.6. The van der Waals surface area contributed by atoms with E-state index in [2.05, 4.69) is 29.1 Å². The Morgan fingerprint density at radius 1 is 1.40 bits per heavy atom. The molecule has 2 heterocycles. The van der Waals surface area contributed by atoms with Crippen LogP contribution >= 0.6 is 11.8 Å². The van der Waals surface area contributed by atoms with Gasteiger partial charge in [-0.3, -0.25) is 14.2 Å². The zero-order valence-electron chi connectivity index (χ0n) is 15.7. The fourth-order valence-electron chi connectivity index (χ4n) is 2.54. The second-order valence-corrected chi connectivity index (χ2v) is 7.80. The molecule has 2 aromatic rings. The highest BCUT2D eigenvalue weighted by atomic mass is 32.2. The summed E-state index contributed by atoms with van der Waals surface area (Å²) in [5.74, 6) is 0.793. The number of amides is 1. The molecule has 138 valence electrons. The standard InChI is InChI=1S/C18H28N4O2S/c1-6-13(5)22-17(24)16-14(9-12(4)20-16)21-18(22)25-10-15(23)19-8-7-11(2)3/h9,11,13,20H,6-8,10H2,1-5H3,(H,19,23). The molecule has 0 aliphatic carbocycles. The number of fused-ring (bicyclic) bond motifs is 1. The van der Waals surface area contributed by atoms with Crippen molar-refractivity contribution in [3.8, 4) is 0 Å². The van der Waals surface area contributed by atoms with Gasteiger partial charge in [-0.15, -0.1) is 0 Å². The lowest BCUT2D eigenvalue weighted by Crippen LogP contribution is -2.29. The summed E-state index contributed by atoms with van der Waals surface area (Å²) in [6.45, 7) is 10.9. The molecule has 0 radical (unpaired) electrons.